The van der Waals surface area contributed by atoms with Crippen molar-refractivity contribution in [3.8, 4) is 5.75 Å². The number of ether oxygens (including phenoxy) is 2. The molecule has 86 valence electrons. The van der Waals surface area contributed by atoms with Crippen LogP contribution in [0.25, 0.3) is 0 Å². The summed E-state index contributed by atoms with van der Waals surface area (Å²) in [7, 11) is 1.36. The molecule has 0 aromatic heterocycles. The lowest BCUT2D eigenvalue weighted by molar-refractivity contribution is 0.0600. The number of rotatable bonds is 2. The highest BCUT2D eigenvalue weighted by Gasteiger charge is 2.25. The van der Waals surface area contributed by atoms with Crippen molar-refractivity contribution >= 4 is 5.97 Å². The largest absolute Gasteiger partial charge is 0.487 e. The minimum absolute atomic E-state index is 0.0122. The minimum Gasteiger partial charge on any atom is -0.487 e. The van der Waals surface area contributed by atoms with Crippen LogP contribution in [0.3, 0.4) is 0 Å². The molecule has 1 aromatic carbocycles. The molecular formula is C12H14O4. The van der Waals surface area contributed by atoms with Gasteiger partial charge in [-0.2, -0.15) is 0 Å². The lowest BCUT2D eigenvalue weighted by Gasteiger charge is -2.08. The van der Waals surface area contributed by atoms with E-state index in [9.17, 15) is 4.79 Å². The number of hydrogen-bond donors (Lipinski definition) is 1. The molecule has 0 saturated heterocycles. The molecule has 0 bridgehead atoms. The van der Waals surface area contributed by atoms with E-state index in [2.05, 4.69) is 4.74 Å². The first-order valence-electron chi connectivity index (χ1n) is 5.15. The molecular weight excluding hydrogens is 208 g/mol. The smallest absolute Gasteiger partial charge is 0.337 e. The summed E-state index contributed by atoms with van der Waals surface area (Å²) in [5.74, 6) is 0.435. The summed E-state index contributed by atoms with van der Waals surface area (Å²) in [6, 6.07) is 3.51. The monoisotopic (exact) mass is 222 g/mol. The van der Waals surface area contributed by atoms with E-state index in [0.29, 0.717) is 12.0 Å². The van der Waals surface area contributed by atoms with Gasteiger partial charge in [-0.05, 0) is 30.2 Å². The van der Waals surface area contributed by atoms with Gasteiger partial charge in [-0.25, -0.2) is 4.79 Å². The third kappa shape index (κ3) is 1.76. The fourth-order valence-electron chi connectivity index (χ4n) is 1.96. The van der Waals surface area contributed by atoms with Crippen LogP contribution in [0.15, 0.2) is 12.1 Å². The highest BCUT2D eigenvalue weighted by molar-refractivity contribution is 5.90. The number of aliphatic hydroxyl groups excluding tert-OH is 1. The maximum absolute atomic E-state index is 11.4. The molecule has 1 atom stereocenters. The number of esters is 1. The number of hydrogen-bond acceptors (Lipinski definition) is 4. The van der Waals surface area contributed by atoms with Gasteiger partial charge < -0.3 is 14.6 Å². The van der Waals surface area contributed by atoms with Gasteiger partial charge in [0.15, 0.2) is 0 Å². The van der Waals surface area contributed by atoms with Gasteiger partial charge in [0.2, 0.25) is 0 Å². The van der Waals surface area contributed by atoms with Gasteiger partial charge in [0.25, 0.3) is 0 Å². The van der Waals surface area contributed by atoms with Crippen molar-refractivity contribution in [2.75, 3.05) is 13.7 Å². The fraction of sp³-hybridized carbons (Fsp3) is 0.417. The molecule has 1 unspecified atom stereocenters. The van der Waals surface area contributed by atoms with Crippen molar-refractivity contribution in [1.82, 2.24) is 0 Å². The molecule has 0 amide bonds. The lowest BCUT2D eigenvalue weighted by atomic mass is 10.0. The molecule has 1 heterocycles. The molecule has 0 saturated carbocycles. The molecule has 0 spiro atoms. The van der Waals surface area contributed by atoms with Crippen LogP contribution in [0.4, 0.5) is 0 Å². The minimum atomic E-state index is -0.349. The Morgan fingerprint density at radius 3 is 3.00 bits per heavy atom. The molecule has 0 fully saturated rings. The maximum atomic E-state index is 11.4. The van der Waals surface area contributed by atoms with Gasteiger partial charge in [0.1, 0.15) is 11.9 Å². The van der Waals surface area contributed by atoms with Crippen LogP contribution in [-0.2, 0) is 11.2 Å². The van der Waals surface area contributed by atoms with E-state index < -0.39 is 0 Å². The quantitative estimate of drug-likeness (QED) is 0.761. The first kappa shape index (κ1) is 11.0. The number of aliphatic hydroxyl groups is 1. The molecule has 1 aromatic rings. The van der Waals surface area contributed by atoms with Crippen LogP contribution >= 0.6 is 0 Å². The summed E-state index contributed by atoms with van der Waals surface area (Å²) in [5.41, 5.74) is 2.38. The molecule has 4 nitrogen and oxygen atoms in total. The van der Waals surface area contributed by atoms with E-state index in [0.717, 1.165) is 16.9 Å². The molecule has 1 aliphatic rings. The predicted molar refractivity (Wildman–Crippen MR) is 57.7 cm³/mol. The molecule has 2 rings (SSSR count). The lowest BCUT2D eigenvalue weighted by Crippen LogP contribution is -2.17. The SMILES string of the molecule is COC(=O)c1cc(C)c2c(c1)CC(CO)O2. The summed E-state index contributed by atoms with van der Waals surface area (Å²) in [5, 5.41) is 9.04. The van der Waals surface area contributed by atoms with E-state index in [-0.39, 0.29) is 18.7 Å². The molecule has 1 aliphatic heterocycles. The van der Waals surface area contributed by atoms with Crippen molar-refractivity contribution in [2.45, 2.75) is 19.4 Å². The van der Waals surface area contributed by atoms with E-state index in [1.165, 1.54) is 7.11 Å². The van der Waals surface area contributed by atoms with Gasteiger partial charge in [-0.1, -0.05) is 0 Å². The van der Waals surface area contributed by atoms with Crippen LogP contribution < -0.4 is 4.74 Å². The van der Waals surface area contributed by atoms with Crippen molar-refractivity contribution in [3.05, 3.63) is 28.8 Å². The second-order valence-electron chi connectivity index (χ2n) is 3.90. The fourth-order valence-corrected chi connectivity index (χ4v) is 1.96. The highest BCUT2D eigenvalue weighted by atomic mass is 16.5. The second kappa shape index (κ2) is 4.14. The summed E-state index contributed by atoms with van der Waals surface area (Å²) in [4.78, 5) is 11.4. The number of aryl methyl sites for hydroxylation is 1. The van der Waals surface area contributed by atoms with Crippen LogP contribution in [0.2, 0.25) is 0 Å². The molecule has 1 N–H and O–H groups in total. The third-order valence-corrected chi connectivity index (χ3v) is 2.71. The number of benzene rings is 1. The topological polar surface area (TPSA) is 55.8 Å². The number of carbonyl (C=O) groups is 1. The Balaban J connectivity index is 2.37. The first-order valence-corrected chi connectivity index (χ1v) is 5.15. The van der Waals surface area contributed by atoms with E-state index in [1.807, 2.05) is 6.92 Å². The van der Waals surface area contributed by atoms with Gasteiger partial charge in [-0.3, -0.25) is 0 Å². The van der Waals surface area contributed by atoms with E-state index >= 15 is 0 Å². The van der Waals surface area contributed by atoms with Crippen molar-refractivity contribution in [1.29, 1.82) is 0 Å². The first-order chi connectivity index (χ1) is 7.65. The predicted octanol–water partition coefficient (Wildman–Crippen LogP) is 1.08. The second-order valence-corrected chi connectivity index (χ2v) is 3.90. The Hall–Kier alpha value is -1.55. The normalized spacial score (nSPS) is 17.8. The summed E-state index contributed by atoms with van der Waals surface area (Å²) in [6.45, 7) is 1.87. The number of methoxy groups -OCH3 is 1. The molecule has 0 radical (unpaired) electrons. The van der Waals surface area contributed by atoms with Crippen LogP contribution in [0, 0.1) is 6.92 Å². The third-order valence-electron chi connectivity index (χ3n) is 2.71. The van der Waals surface area contributed by atoms with E-state index in [4.69, 9.17) is 9.84 Å². The number of fused-ring (bicyclic) bond motifs is 1. The van der Waals surface area contributed by atoms with Gasteiger partial charge >= 0.3 is 5.97 Å². The van der Waals surface area contributed by atoms with Crippen molar-refractivity contribution < 1.29 is 19.4 Å². The Kier molecular flexibility index (Phi) is 2.83. The van der Waals surface area contributed by atoms with Crippen LogP contribution in [0.5, 0.6) is 5.75 Å². The maximum Gasteiger partial charge on any atom is 0.337 e. The zero-order chi connectivity index (χ0) is 11.7. The molecule has 4 heteroatoms. The zero-order valence-electron chi connectivity index (χ0n) is 9.32. The van der Waals surface area contributed by atoms with Gasteiger partial charge in [0.05, 0.1) is 19.3 Å². The van der Waals surface area contributed by atoms with Gasteiger partial charge in [0, 0.05) is 6.42 Å². The summed E-state index contributed by atoms with van der Waals surface area (Å²) in [6.07, 6.45) is 0.443. The van der Waals surface area contributed by atoms with Gasteiger partial charge in [-0.15, -0.1) is 0 Å². The number of carbonyl (C=O) groups excluding carboxylic acids is 1. The Morgan fingerprint density at radius 2 is 2.38 bits per heavy atom. The van der Waals surface area contributed by atoms with Crippen LogP contribution in [0.1, 0.15) is 21.5 Å². The average molecular weight is 222 g/mol. The highest BCUT2D eigenvalue weighted by Crippen LogP contribution is 2.33. The van der Waals surface area contributed by atoms with Crippen molar-refractivity contribution in [2.24, 2.45) is 0 Å². The van der Waals surface area contributed by atoms with Crippen molar-refractivity contribution in [3.63, 3.8) is 0 Å². The Bertz CT molecular complexity index is 425. The summed E-state index contributed by atoms with van der Waals surface area (Å²) < 4.78 is 10.2. The van der Waals surface area contributed by atoms with E-state index in [1.54, 1.807) is 12.1 Å². The Morgan fingerprint density at radius 1 is 1.62 bits per heavy atom. The van der Waals surface area contributed by atoms with Crippen LogP contribution in [-0.4, -0.2) is 30.9 Å². The average Bonchev–Trinajstić information content (AvgIpc) is 2.71. The molecule has 16 heavy (non-hydrogen) atoms. The molecule has 0 aliphatic carbocycles. The zero-order valence-corrected chi connectivity index (χ0v) is 9.32. The summed E-state index contributed by atoms with van der Waals surface area (Å²) >= 11 is 0. The standard InChI is InChI=1S/C12H14O4/c1-7-3-9(12(14)15-2)4-8-5-10(6-13)16-11(7)8/h3-4,10,13H,5-6H2,1-2H3. The Labute approximate surface area is 93.8 Å².